The molecule has 1 aromatic heterocycles. The Morgan fingerprint density at radius 3 is 2.94 bits per heavy atom. The van der Waals surface area contributed by atoms with Gasteiger partial charge in [-0.2, -0.15) is 0 Å². The fraction of sp³-hybridized carbons (Fsp3) is 0.462. The zero-order valence-corrected chi connectivity index (χ0v) is 10.3. The number of H-pyrrole nitrogens is 1. The molecule has 4 N–H and O–H groups in total. The standard InChI is InChI=1S/C13H17N3O2/c1-15-12(8-4-9(14)5-8)7-2-3-10-11(6-7)18-13(17)16-10/h2-3,6,8-9,12,15H,4-5,14H2,1H3,(H,16,17). The summed E-state index contributed by atoms with van der Waals surface area (Å²) in [6, 6.07) is 6.45. The SMILES string of the molecule is CNC(c1ccc2[nH]c(=O)oc2c1)C1CC(N)C1. The molecule has 5 heteroatoms. The van der Waals surface area contributed by atoms with E-state index in [4.69, 9.17) is 10.2 Å². The van der Waals surface area contributed by atoms with E-state index in [1.54, 1.807) is 0 Å². The van der Waals surface area contributed by atoms with Crippen molar-refractivity contribution in [2.75, 3.05) is 7.05 Å². The topological polar surface area (TPSA) is 84.0 Å². The van der Waals surface area contributed by atoms with Crippen molar-refractivity contribution in [3.8, 4) is 0 Å². The summed E-state index contributed by atoms with van der Waals surface area (Å²) in [5.74, 6) is 0.155. The van der Waals surface area contributed by atoms with Crippen molar-refractivity contribution in [3.63, 3.8) is 0 Å². The second-order valence-corrected chi connectivity index (χ2v) is 5.03. The Kier molecular flexibility index (Phi) is 2.72. The molecule has 18 heavy (non-hydrogen) atoms. The first-order chi connectivity index (χ1) is 8.67. The third-order valence-corrected chi connectivity index (χ3v) is 3.80. The van der Waals surface area contributed by atoms with E-state index in [-0.39, 0.29) is 6.04 Å². The van der Waals surface area contributed by atoms with Crippen LogP contribution in [0.25, 0.3) is 11.1 Å². The maximum atomic E-state index is 11.1. The van der Waals surface area contributed by atoms with Gasteiger partial charge in [0.1, 0.15) is 0 Å². The third-order valence-electron chi connectivity index (χ3n) is 3.80. The van der Waals surface area contributed by atoms with Crippen molar-refractivity contribution in [2.45, 2.75) is 24.9 Å². The van der Waals surface area contributed by atoms with Gasteiger partial charge in [0.05, 0.1) is 5.52 Å². The Morgan fingerprint density at radius 2 is 2.28 bits per heavy atom. The van der Waals surface area contributed by atoms with Crippen molar-refractivity contribution < 1.29 is 4.42 Å². The van der Waals surface area contributed by atoms with Crippen molar-refractivity contribution in [1.82, 2.24) is 10.3 Å². The average Bonchev–Trinajstić information content (AvgIpc) is 2.67. The molecule has 0 aliphatic heterocycles. The Labute approximate surface area is 104 Å². The summed E-state index contributed by atoms with van der Waals surface area (Å²) < 4.78 is 5.09. The van der Waals surface area contributed by atoms with E-state index in [0.29, 0.717) is 17.5 Å². The van der Waals surface area contributed by atoms with Gasteiger partial charge in [-0.15, -0.1) is 0 Å². The van der Waals surface area contributed by atoms with Crippen molar-refractivity contribution in [3.05, 3.63) is 34.3 Å². The predicted molar refractivity (Wildman–Crippen MR) is 69.3 cm³/mol. The molecule has 0 radical (unpaired) electrons. The fourth-order valence-corrected chi connectivity index (χ4v) is 2.81. The maximum absolute atomic E-state index is 11.1. The molecule has 1 aliphatic rings. The second kappa shape index (κ2) is 4.26. The smallest absolute Gasteiger partial charge is 0.408 e. The van der Waals surface area contributed by atoms with Crippen LogP contribution in [0.15, 0.2) is 27.4 Å². The number of fused-ring (bicyclic) bond motifs is 1. The number of aromatic amines is 1. The van der Waals surface area contributed by atoms with Gasteiger partial charge in [0.2, 0.25) is 0 Å². The summed E-state index contributed by atoms with van der Waals surface area (Å²) in [4.78, 5) is 13.8. The van der Waals surface area contributed by atoms with Crippen LogP contribution < -0.4 is 16.8 Å². The zero-order chi connectivity index (χ0) is 12.7. The molecule has 0 amide bonds. The number of rotatable bonds is 3. The molecular formula is C13H17N3O2. The van der Waals surface area contributed by atoms with Gasteiger partial charge in [0, 0.05) is 12.1 Å². The molecule has 96 valence electrons. The molecule has 0 bridgehead atoms. The molecule has 0 saturated heterocycles. The van der Waals surface area contributed by atoms with Crippen LogP contribution in [-0.4, -0.2) is 18.1 Å². The minimum atomic E-state index is -0.408. The quantitative estimate of drug-likeness (QED) is 0.759. The number of oxazole rings is 1. The highest BCUT2D eigenvalue weighted by Gasteiger charge is 2.33. The summed E-state index contributed by atoms with van der Waals surface area (Å²) in [6.45, 7) is 0. The van der Waals surface area contributed by atoms with Crippen LogP contribution in [0.2, 0.25) is 0 Å². The molecule has 5 nitrogen and oxygen atoms in total. The van der Waals surface area contributed by atoms with Crippen molar-refractivity contribution in [1.29, 1.82) is 0 Å². The largest absolute Gasteiger partial charge is 0.417 e. The lowest BCUT2D eigenvalue weighted by Gasteiger charge is -2.38. The first-order valence-corrected chi connectivity index (χ1v) is 6.23. The highest BCUT2D eigenvalue weighted by atomic mass is 16.4. The summed E-state index contributed by atoms with van der Waals surface area (Å²) in [7, 11) is 1.95. The molecule has 3 rings (SSSR count). The normalized spacial score (nSPS) is 25.0. The Hall–Kier alpha value is -1.59. The van der Waals surface area contributed by atoms with Gasteiger partial charge < -0.3 is 15.5 Å². The van der Waals surface area contributed by atoms with E-state index >= 15 is 0 Å². The van der Waals surface area contributed by atoms with E-state index in [0.717, 1.165) is 23.9 Å². The number of nitrogens with two attached hydrogens (primary N) is 1. The molecule has 2 aromatic rings. The van der Waals surface area contributed by atoms with Gasteiger partial charge in [-0.1, -0.05) is 6.07 Å². The summed E-state index contributed by atoms with van der Waals surface area (Å²) in [6.07, 6.45) is 2.08. The highest BCUT2D eigenvalue weighted by molar-refractivity contribution is 5.72. The average molecular weight is 247 g/mol. The first-order valence-electron chi connectivity index (χ1n) is 6.23. The summed E-state index contributed by atoms with van der Waals surface area (Å²) >= 11 is 0. The molecule has 1 aromatic carbocycles. The van der Waals surface area contributed by atoms with E-state index in [1.165, 1.54) is 0 Å². The third kappa shape index (κ3) is 1.85. The first kappa shape index (κ1) is 11.5. The van der Waals surface area contributed by atoms with Gasteiger partial charge in [-0.25, -0.2) is 4.79 Å². The molecule has 1 heterocycles. The number of benzene rings is 1. The minimum absolute atomic E-state index is 0.273. The minimum Gasteiger partial charge on any atom is -0.408 e. The lowest BCUT2D eigenvalue weighted by Crippen LogP contribution is -2.42. The Balaban J connectivity index is 1.94. The van der Waals surface area contributed by atoms with Crippen LogP contribution >= 0.6 is 0 Å². The molecule has 1 fully saturated rings. The monoisotopic (exact) mass is 247 g/mol. The van der Waals surface area contributed by atoms with Crippen LogP contribution in [0.3, 0.4) is 0 Å². The number of aromatic nitrogens is 1. The fourth-order valence-electron chi connectivity index (χ4n) is 2.81. The molecule has 1 saturated carbocycles. The van der Waals surface area contributed by atoms with Gasteiger partial charge in [0.15, 0.2) is 5.58 Å². The van der Waals surface area contributed by atoms with Crippen molar-refractivity contribution >= 4 is 11.1 Å². The highest BCUT2D eigenvalue weighted by Crippen LogP contribution is 2.37. The predicted octanol–water partition coefficient (Wildman–Crippen LogP) is 1.12. The lowest BCUT2D eigenvalue weighted by atomic mass is 9.74. The van der Waals surface area contributed by atoms with E-state index < -0.39 is 5.76 Å². The lowest BCUT2D eigenvalue weighted by molar-refractivity contribution is 0.204. The molecule has 1 aliphatic carbocycles. The number of nitrogens with one attached hydrogen (secondary N) is 2. The second-order valence-electron chi connectivity index (χ2n) is 5.03. The van der Waals surface area contributed by atoms with Crippen LogP contribution in [-0.2, 0) is 0 Å². The molecular weight excluding hydrogens is 230 g/mol. The van der Waals surface area contributed by atoms with Gasteiger partial charge >= 0.3 is 5.76 Å². The molecule has 0 spiro atoms. The number of hydrogen-bond donors (Lipinski definition) is 3. The molecule has 1 atom stereocenters. The zero-order valence-electron chi connectivity index (χ0n) is 10.3. The maximum Gasteiger partial charge on any atom is 0.417 e. The number of hydrogen-bond acceptors (Lipinski definition) is 4. The van der Waals surface area contributed by atoms with Crippen LogP contribution in [0, 0.1) is 5.92 Å². The van der Waals surface area contributed by atoms with E-state index in [2.05, 4.69) is 10.3 Å². The van der Waals surface area contributed by atoms with Crippen LogP contribution in [0.1, 0.15) is 24.4 Å². The molecule has 1 unspecified atom stereocenters. The van der Waals surface area contributed by atoms with Crippen LogP contribution in [0.5, 0.6) is 0 Å². The van der Waals surface area contributed by atoms with Gasteiger partial charge in [0.25, 0.3) is 0 Å². The van der Waals surface area contributed by atoms with Crippen LogP contribution in [0.4, 0.5) is 0 Å². The van der Waals surface area contributed by atoms with Crippen molar-refractivity contribution in [2.24, 2.45) is 11.7 Å². The van der Waals surface area contributed by atoms with E-state index in [9.17, 15) is 4.79 Å². The van der Waals surface area contributed by atoms with Gasteiger partial charge in [-0.3, -0.25) is 4.98 Å². The Morgan fingerprint density at radius 1 is 1.50 bits per heavy atom. The summed E-state index contributed by atoms with van der Waals surface area (Å²) in [5.41, 5.74) is 8.34. The van der Waals surface area contributed by atoms with Gasteiger partial charge in [-0.05, 0) is 43.5 Å². The Bertz CT molecular complexity index is 610. The summed E-state index contributed by atoms with van der Waals surface area (Å²) in [5, 5.41) is 3.33. The van der Waals surface area contributed by atoms with E-state index in [1.807, 2.05) is 25.2 Å².